The van der Waals surface area contributed by atoms with Gasteiger partial charge in [-0.1, -0.05) is 12.1 Å². The molecule has 2 saturated heterocycles. The molecule has 4 heteroatoms. The van der Waals surface area contributed by atoms with Gasteiger partial charge in [-0.05, 0) is 25.1 Å². The van der Waals surface area contributed by atoms with E-state index in [9.17, 15) is 9.18 Å². The molecule has 0 unspecified atom stereocenters. The molecular formula is C13H15FN2O. The monoisotopic (exact) mass is 234 g/mol. The fourth-order valence-electron chi connectivity index (χ4n) is 2.78. The molecule has 0 bridgehead atoms. The third-order valence-electron chi connectivity index (χ3n) is 3.78. The Morgan fingerprint density at radius 3 is 2.76 bits per heavy atom. The topological polar surface area (TPSA) is 32.3 Å². The van der Waals surface area contributed by atoms with Crippen molar-refractivity contribution in [2.45, 2.75) is 6.42 Å². The van der Waals surface area contributed by atoms with E-state index >= 15 is 0 Å². The molecule has 2 heterocycles. The van der Waals surface area contributed by atoms with Crippen molar-refractivity contribution in [3.05, 3.63) is 35.6 Å². The number of likely N-dealkylation sites (tertiary alicyclic amines) is 1. The Bertz CT molecular complexity index is 446. The van der Waals surface area contributed by atoms with Crippen LogP contribution in [0, 0.1) is 11.2 Å². The molecule has 1 aromatic rings. The predicted octanol–water partition coefficient (Wildman–Crippen LogP) is 1.26. The molecule has 1 amide bonds. The first kappa shape index (κ1) is 10.7. The molecule has 3 nitrogen and oxygen atoms in total. The van der Waals surface area contributed by atoms with Crippen LogP contribution in [-0.2, 0) is 0 Å². The Kier molecular flexibility index (Phi) is 2.40. The zero-order chi connectivity index (χ0) is 11.9. The number of nitrogens with zero attached hydrogens (tertiary/aromatic N) is 1. The molecule has 0 aromatic heterocycles. The molecule has 0 saturated carbocycles. The Morgan fingerprint density at radius 1 is 1.35 bits per heavy atom. The lowest BCUT2D eigenvalue weighted by Gasteiger charge is -2.47. The van der Waals surface area contributed by atoms with Gasteiger partial charge in [0.25, 0.3) is 5.91 Å². The van der Waals surface area contributed by atoms with Gasteiger partial charge in [-0.3, -0.25) is 4.79 Å². The summed E-state index contributed by atoms with van der Waals surface area (Å²) in [7, 11) is 0. The maximum atomic E-state index is 13.5. The van der Waals surface area contributed by atoms with Gasteiger partial charge in [0.15, 0.2) is 0 Å². The molecular weight excluding hydrogens is 219 g/mol. The fourth-order valence-corrected chi connectivity index (χ4v) is 2.78. The van der Waals surface area contributed by atoms with Crippen molar-refractivity contribution in [3.63, 3.8) is 0 Å². The van der Waals surface area contributed by atoms with Crippen LogP contribution in [0.3, 0.4) is 0 Å². The quantitative estimate of drug-likeness (QED) is 0.793. The van der Waals surface area contributed by atoms with Crippen LogP contribution in [-0.4, -0.2) is 37.0 Å². The predicted molar refractivity (Wildman–Crippen MR) is 62.2 cm³/mol. The zero-order valence-corrected chi connectivity index (χ0v) is 9.58. The minimum atomic E-state index is -0.428. The van der Waals surface area contributed by atoms with E-state index in [0.717, 1.165) is 32.6 Å². The van der Waals surface area contributed by atoms with Gasteiger partial charge < -0.3 is 10.2 Å². The molecule has 1 spiro atoms. The number of amides is 1. The summed E-state index contributed by atoms with van der Waals surface area (Å²) in [5, 5.41) is 3.31. The van der Waals surface area contributed by atoms with Crippen LogP contribution in [0.1, 0.15) is 16.8 Å². The third-order valence-corrected chi connectivity index (χ3v) is 3.78. The van der Waals surface area contributed by atoms with Gasteiger partial charge >= 0.3 is 0 Å². The number of hydrogen-bond donors (Lipinski definition) is 1. The Balaban J connectivity index is 1.71. The number of hydrogen-bond acceptors (Lipinski definition) is 2. The van der Waals surface area contributed by atoms with E-state index < -0.39 is 5.82 Å². The first-order chi connectivity index (χ1) is 8.20. The minimum Gasteiger partial charge on any atom is -0.337 e. The lowest BCUT2D eigenvalue weighted by molar-refractivity contribution is 0.0155. The number of rotatable bonds is 1. The molecule has 2 aliphatic heterocycles. The van der Waals surface area contributed by atoms with Crippen molar-refractivity contribution in [1.82, 2.24) is 10.2 Å². The third kappa shape index (κ3) is 1.72. The van der Waals surface area contributed by atoms with Gasteiger partial charge in [-0.25, -0.2) is 4.39 Å². The largest absolute Gasteiger partial charge is 0.337 e. The summed E-state index contributed by atoms with van der Waals surface area (Å²) in [6, 6.07) is 6.18. The van der Waals surface area contributed by atoms with Crippen molar-refractivity contribution in [3.8, 4) is 0 Å². The van der Waals surface area contributed by atoms with Crippen molar-refractivity contribution in [2.75, 3.05) is 26.2 Å². The Labute approximate surface area is 99.6 Å². The van der Waals surface area contributed by atoms with Crippen LogP contribution >= 0.6 is 0 Å². The summed E-state index contributed by atoms with van der Waals surface area (Å²) >= 11 is 0. The highest BCUT2D eigenvalue weighted by molar-refractivity contribution is 5.95. The summed E-state index contributed by atoms with van der Waals surface area (Å²) in [6.07, 6.45) is 1.12. The number of carbonyl (C=O) groups excluding carboxylic acids is 1. The molecule has 0 aliphatic carbocycles. The van der Waals surface area contributed by atoms with E-state index in [4.69, 9.17) is 0 Å². The lowest BCUT2D eigenvalue weighted by Crippen LogP contribution is -2.59. The highest BCUT2D eigenvalue weighted by Crippen LogP contribution is 2.36. The van der Waals surface area contributed by atoms with Crippen LogP contribution in [0.2, 0.25) is 0 Å². The Morgan fingerprint density at radius 2 is 2.12 bits per heavy atom. The molecule has 1 N–H and O–H groups in total. The molecule has 2 fully saturated rings. The summed E-state index contributed by atoms with van der Waals surface area (Å²) in [5.41, 5.74) is 0.453. The molecule has 1 aromatic carbocycles. The van der Waals surface area contributed by atoms with Crippen LogP contribution in [0.15, 0.2) is 24.3 Å². The van der Waals surface area contributed by atoms with Crippen LogP contribution in [0.4, 0.5) is 4.39 Å². The fraction of sp³-hybridized carbons (Fsp3) is 0.462. The highest BCUT2D eigenvalue weighted by atomic mass is 19.1. The maximum absolute atomic E-state index is 13.5. The summed E-state index contributed by atoms with van der Waals surface area (Å²) in [5.74, 6) is -0.608. The molecule has 17 heavy (non-hydrogen) atoms. The highest BCUT2D eigenvalue weighted by Gasteiger charge is 2.47. The average Bonchev–Trinajstić information content (AvgIpc) is 2.76. The maximum Gasteiger partial charge on any atom is 0.256 e. The van der Waals surface area contributed by atoms with Gasteiger partial charge in [-0.2, -0.15) is 0 Å². The van der Waals surface area contributed by atoms with Crippen molar-refractivity contribution < 1.29 is 9.18 Å². The van der Waals surface area contributed by atoms with Crippen molar-refractivity contribution >= 4 is 5.91 Å². The van der Waals surface area contributed by atoms with Gasteiger partial charge in [-0.15, -0.1) is 0 Å². The zero-order valence-electron chi connectivity index (χ0n) is 9.58. The van der Waals surface area contributed by atoms with Crippen molar-refractivity contribution in [1.29, 1.82) is 0 Å². The molecule has 3 rings (SSSR count). The standard InChI is InChI=1S/C13H15FN2O/c14-11-4-2-1-3-10(11)12(17)16-8-13(9-16)5-6-15-7-13/h1-4,15H,5-9H2. The van der Waals surface area contributed by atoms with Gasteiger partial charge in [0.2, 0.25) is 0 Å². The second kappa shape index (κ2) is 3.81. The average molecular weight is 234 g/mol. The van der Waals surface area contributed by atoms with E-state index in [1.165, 1.54) is 6.07 Å². The van der Waals surface area contributed by atoms with Crippen LogP contribution < -0.4 is 5.32 Å². The van der Waals surface area contributed by atoms with Crippen molar-refractivity contribution in [2.24, 2.45) is 5.41 Å². The van der Waals surface area contributed by atoms with Gasteiger partial charge in [0.1, 0.15) is 5.82 Å². The summed E-state index contributed by atoms with van der Waals surface area (Å²) < 4.78 is 13.5. The smallest absolute Gasteiger partial charge is 0.256 e. The lowest BCUT2D eigenvalue weighted by atomic mass is 9.79. The van der Waals surface area contributed by atoms with E-state index in [1.807, 2.05) is 0 Å². The number of nitrogens with one attached hydrogen (secondary N) is 1. The first-order valence-corrected chi connectivity index (χ1v) is 5.95. The molecule has 90 valence electrons. The molecule has 0 atom stereocenters. The van der Waals surface area contributed by atoms with E-state index in [0.29, 0.717) is 0 Å². The minimum absolute atomic E-state index is 0.180. The second-order valence-corrected chi connectivity index (χ2v) is 5.07. The van der Waals surface area contributed by atoms with E-state index in [2.05, 4.69) is 5.32 Å². The SMILES string of the molecule is O=C(c1ccccc1F)N1CC2(CCNC2)C1. The van der Waals surface area contributed by atoms with E-state index in [-0.39, 0.29) is 16.9 Å². The van der Waals surface area contributed by atoms with Gasteiger partial charge in [0, 0.05) is 25.0 Å². The van der Waals surface area contributed by atoms with Crippen LogP contribution in [0.25, 0.3) is 0 Å². The molecule has 0 radical (unpaired) electrons. The summed E-state index contributed by atoms with van der Waals surface area (Å²) in [6.45, 7) is 3.52. The number of carbonyl (C=O) groups is 1. The van der Waals surface area contributed by atoms with Crippen LogP contribution in [0.5, 0.6) is 0 Å². The molecule has 2 aliphatic rings. The normalized spacial score (nSPS) is 21.6. The number of halogens is 1. The Hall–Kier alpha value is -1.42. The van der Waals surface area contributed by atoms with E-state index in [1.54, 1.807) is 23.1 Å². The second-order valence-electron chi connectivity index (χ2n) is 5.07. The summed E-state index contributed by atoms with van der Waals surface area (Å²) in [4.78, 5) is 13.8. The first-order valence-electron chi connectivity index (χ1n) is 5.95. The number of benzene rings is 1. The van der Waals surface area contributed by atoms with Gasteiger partial charge in [0.05, 0.1) is 5.56 Å².